The maximum absolute atomic E-state index is 11.5. The van der Waals surface area contributed by atoms with Gasteiger partial charge in [-0.1, -0.05) is 39.3 Å². The zero-order chi connectivity index (χ0) is 29.5. The number of rotatable bonds is 8. The quantitative estimate of drug-likeness (QED) is 0.203. The van der Waals surface area contributed by atoms with Crippen molar-refractivity contribution < 1.29 is 9.22 Å². The number of halogens is 2. The Morgan fingerprint density at radius 1 is 1.32 bits per heavy atom. The van der Waals surface area contributed by atoms with Crippen LogP contribution in [0.15, 0.2) is 41.0 Å². The van der Waals surface area contributed by atoms with Gasteiger partial charge in [0.1, 0.15) is 12.3 Å². The van der Waals surface area contributed by atoms with Crippen LogP contribution in [0.1, 0.15) is 44.4 Å². The SMILES string of the molecule is Cc1cc(Br)c(Cl)cc1Nc1nccc(-c2cc(C#N)c3c(c2)C(C)(CO[Si](C)(C)C(C)(C)C)CN3[B]C=O)n1. The molecule has 1 unspecified atom stereocenters. The van der Waals surface area contributed by atoms with E-state index in [-0.39, 0.29) is 5.04 Å². The summed E-state index contributed by atoms with van der Waals surface area (Å²) in [5, 5.41) is 14.1. The Bertz CT molecular complexity index is 1510. The van der Waals surface area contributed by atoms with Crippen LogP contribution in [0, 0.1) is 18.3 Å². The number of hydrogen-bond acceptors (Lipinski definition) is 7. The molecule has 11 heteroatoms. The number of benzene rings is 2. The number of aryl methyl sites for hydroxylation is 1. The molecule has 2 heterocycles. The van der Waals surface area contributed by atoms with Crippen molar-refractivity contribution in [3.63, 3.8) is 0 Å². The van der Waals surface area contributed by atoms with Crippen molar-refractivity contribution in [2.45, 2.75) is 58.2 Å². The van der Waals surface area contributed by atoms with E-state index in [1.54, 1.807) is 6.20 Å². The third kappa shape index (κ3) is 5.98. The number of hydrogen-bond donors (Lipinski definition) is 1. The van der Waals surface area contributed by atoms with Gasteiger partial charge >= 0.3 is 7.41 Å². The topological polar surface area (TPSA) is 91.1 Å². The minimum absolute atomic E-state index is 0.0564. The lowest BCUT2D eigenvalue weighted by atomic mass is 9.83. The second kappa shape index (κ2) is 11.3. The predicted octanol–water partition coefficient (Wildman–Crippen LogP) is 7.39. The number of aromatic nitrogens is 2. The van der Waals surface area contributed by atoms with Crippen molar-refractivity contribution >= 4 is 66.8 Å². The first-order chi connectivity index (χ1) is 18.7. The van der Waals surface area contributed by atoms with E-state index in [4.69, 9.17) is 21.0 Å². The zero-order valence-corrected chi connectivity index (χ0v) is 27.2. The van der Waals surface area contributed by atoms with Gasteiger partial charge in [-0.3, -0.25) is 0 Å². The summed E-state index contributed by atoms with van der Waals surface area (Å²) in [5.41, 5.74) is 4.98. The molecule has 1 radical (unpaired) electrons. The summed E-state index contributed by atoms with van der Waals surface area (Å²) in [7, 11) is -0.547. The van der Waals surface area contributed by atoms with Crippen LogP contribution in [-0.4, -0.2) is 45.0 Å². The van der Waals surface area contributed by atoms with Gasteiger partial charge in [0.05, 0.1) is 16.3 Å². The molecular weight excluding hydrogens is 605 g/mol. The first-order valence-corrected chi connectivity index (χ1v) is 17.1. The van der Waals surface area contributed by atoms with Crippen molar-refractivity contribution in [3.8, 4) is 17.3 Å². The highest BCUT2D eigenvalue weighted by molar-refractivity contribution is 9.10. The van der Waals surface area contributed by atoms with Crippen LogP contribution in [-0.2, 0) is 14.6 Å². The summed E-state index contributed by atoms with van der Waals surface area (Å²) in [6.07, 6.45) is 2.45. The molecule has 1 atom stereocenters. The van der Waals surface area contributed by atoms with E-state index in [0.717, 1.165) is 38.7 Å². The van der Waals surface area contributed by atoms with Crippen molar-refractivity contribution in [3.05, 3.63) is 62.7 Å². The lowest BCUT2D eigenvalue weighted by Gasteiger charge is -2.39. The van der Waals surface area contributed by atoms with Gasteiger partial charge in [0.25, 0.3) is 0 Å². The molecule has 0 bridgehead atoms. The minimum Gasteiger partial charge on any atom is -0.416 e. The van der Waals surface area contributed by atoms with Crippen molar-refractivity contribution in [1.82, 2.24) is 9.97 Å². The van der Waals surface area contributed by atoms with E-state index in [2.05, 4.69) is 79.2 Å². The summed E-state index contributed by atoms with van der Waals surface area (Å²) in [4.78, 5) is 22.6. The first kappa shape index (κ1) is 30.3. The van der Waals surface area contributed by atoms with Crippen molar-refractivity contribution in [1.29, 1.82) is 5.26 Å². The normalized spacial score (nSPS) is 16.9. The van der Waals surface area contributed by atoms with Gasteiger partial charge < -0.3 is 19.3 Å². The average Bonchev–Trinajstić information content (AvgIpc) is 3.17. The molecule has 4 rings (SSSR count). The van der Waals surface area contributed by atoms with Gasteiger partial charge in [-0.2, -0.15) is 5.26 Å². The second-order valence-corrected chi connectivity index (χ2v) is 18.1. The smallest absolute Gasteiger partial charge is 0.329 e. The Labute approximate surface area is 251 Å². The highest BCUT2D eigenvalue weighted by atomic mass is 79.9. The number of anilines is 3. The van der Waals surface area contributed by atoms with Gasteiger partial charge in [0, 0.05) is 46.2 Å². The van der Waals surface area contributed by atoms with Crippen LogP contribution < -0.4 is 10.1 Å². The molecule has 0 amide bonds. The standard InChI is InChI=1S/C29H33BBrClN5O2Si/c1-18-10-22(31)23(32)13-25(18)36-27-34-9-8-24(35-27)19-11-20(14-33)26-21(12-19)29(5,15-37(26)30-17-38)16-39-40(6,7)28(2,3)4/h8-13,17H,15-16H2,1-7H3,(H,34,35,36). The molecular formula is C29H33BBrClN5O2Si. The molecule has 7 nitrogen and oxygen atoms in total. The monoisotopic (exact) mass is 636 g/mol. The largest absolute Gasteiger partial charge is 0.416 e. The van der Waals surface area contributed by atoms with E-state index >= 15 is 0 Å². The van der Waals surface area contributed by atoms with Gasteiger partial charge in [0.15, 0.2) is 8.32 Å². The number of fused-ring (bicyclic) bond motifs is 1. The van der Waals surface area contributed by atoms with E-state index in [1.807, 2.05) is 36.0 Å². The number of nitrogens with zero attached hydrogens (tertiary/aromatic N) is 4. The molecule has 40 heavy (non-hydrogen) atoms. The zero-order valence-electron chi connectivity index (χ0n) is 23.9. The van der Waals surface area contributed by atoms with Gasteiger partial charge in [-0.05, 0) is 82.4 Å². The van der Waals surface area contributed by atoms with Gasteiger partial charge in [-0.25, -0.2) is 9.97 Å². The summed E-state index contributed by atoms with van der Waals surface area (Å²) in [6, 6.07) is 11.8. The summed E-state index contributed by atoms with van der Waals surface area (Å²) in [5.74, 6) is 0.415. The number of nitriles is 1. The van der Waals surface area contributed by atoms with Crippen molar-refractivity contribution in [2.75, 3.05) is 23.3 Å². The Kier molecular flexibility index (Phi) is 8.53. The second-order valence-electron chi connectivity index (χ2n) is 12.0. The third-order valence-electron chi connectivity index (χ3n) is 7.95. The molecule has 3 aromatic rings. The van der Waals surface area contributed by atoms with E-state index in [1.165, 1.54) is 7.41 Å². The number of carbonyl (C=O) groups is 1. The van der Waals surface area contributed by atoms with Gasteiger partial charge in [0.2, 0.25) is 5.95 Å². The lowest BCUT2D eigenvalue weighted by Crippen LogP contribution is -2.46. The molecule has 2 aromatic carbocycles. The summed E-state index contributed by atoms with van der Waals surface area (Å²) >= 11 is 9.76. The number of nitrogens with one attached hydrogen (secondary N) is 1. The van der Waals surface area contributed by atoms with Crippen molar-refractivity contribution in [2.24, 2.45) is 0 Å². The third-order valence-corrected chi connectivity index (χ3v) is 13.6. The Morgan fingerprint density at radius 3 is 2.70 bits per heavy atom. The minimum atomic E-state index is -2.04. The van der Waals surface area contributed by atoms with Crippen LogP contribution in [0.3, 0.4) is 0 Å². The molecule has 207 valence electrons. The Balaban J connectivity index is 1.76. The Morgan fingerprint density at radius 2 is 2.05 bits per heavy atom. The molecule has 1 aliphatic rings. The molecule has 0 saturated heterocycles. The first-order valence-electron chi connectivity index (χ1n) is 13.0. The van der Waals surface area contributed by atoms with Crippen LogP contribution in [0.25, 0.3) is 11.3 Å². The maximum atomic E-state index is 11.5. The van der Waals surface area contributed by atoms with Gasteiger partial charge in [-0.15, -0.1) is 0 Å². The highest BCUT2D eigenvalue weighted by Crippen LogP contribution is 2.46. The molecule has 0 fully saturated rings. The van der Waals surface area contributed by atoms with E-state index < -0.39 is 13.7 Å². The highest BCUT2D eigenvalue weighted by Gasteiger charge is 2.44. The summed E-state index contributed by atoms with van der Waals surface area (Å²) < 4.78 is 7.49. The summed E-state index contributed by atoms with van der Waals surface area (Å²) in [6.45, 7) is 16.2. The van der Waals surface area contributed by atoms with Crippen LogP contribution in [0.4, 0.5) is 17.3 Å². The fourth-order valence-electron chi connectivity index (χ4n) is 4.54. The molecule has 1 aliphatic heterocycles. The fraction of sp³-hybridized carbons (Fsp3) is 0.379. The molecule has 0 aliphatic carbocycles. The van der Waals surface area contributed by atoms with E-state index in [9.17, 15) is 10.1 Å². The van der Waals surface area contributed by atoms with Crippen LogP contribution >= 0.6 is 27.5 Å². The van der Waals surface area contributed by atoms with Crippen LogP contribution in [0.5, 0.6) is 0 Å². The number of carbonyl (C=O) groups excluding carboxylic acids is 1. The fourth-order valence-corrected chi connectivity index (χ4v) is 6.27. The predicted molar refractivity (Wildman–Crippen MR) is 170 cm³/mol. The molecule has 1 N–H and O–H groups in total. The maximum Gasteiger partial charge on any atom is 0.329 e. The molecule has 0 spiro atoms. The van der Waals surface area contributed by atoms with E-state index in [0.29, 0.717) is 35.4 Å². The average molecular weight is 638 g/mol. The lowest BCUT2D eigenvalue weighted by molar-refractivity contribution is 0.219. The molecule has 1 aromatic heterocycles. The van der Waals surface area contributed by atoms with Crippen LogP contribution in [0.2, 0.25) is 23.2 Å². The Hall–Kier alpha value is -2.71. The molecule has 0 saturated carbocycles.